The summed E-state index contributed by atoms with van der Waals surface area (Å²) in [6, 6.07) is 7.49. The number of amides is 1. The van der Waals surface area contributed by atoms with Gasteiger partial charge in [0.25, 0.3) is 5.91 Å². The fourth-order valence-electron chi connectivity index (χ4n) is 2.66. The minimum atomic E-state index is -0.0875. The SMILES string of the molecule is O=C(c1cc2ccc(Br)cc2o1)N1CCCC(CO)C1. The van der Waals surface area contributed by atoms with Crippen molar-refractivity contribution in [3.8, 4) is 0 Å². The molecule has 20 heavy (non-hydrogen) atoms. The van der Waals surface area contributed by atoms with Crippen molar-refractivity contribution >= 4 is 32.8 Å². The fourth-order valence-corrected chi connectivity index (χ4v) is 3.00. The van der Waals surface area contributed by atoms with E-state index in [1.54, 1.807) is 11.0 Å². The summed E-state index contributed by atoms with van der Waals surface area (Å²) in [6.45, 7) is 1.48. The monoisotopic (exact) mass is 337 g/mol. The Morgan fingerprint density at radius 2 is 2.30 bits per heavy atom. The average molecular weight is 338 g/mol. The first kappa shape index (κ1) is 13.6. The summed E-state index contributed by atoms with van der Waals surface area (Å²) >= 11 is 3.39. The van der Waals surface area contributed by atoms with Gasteiger partial charge in [-0.15, -0.1) is 0 Å². The van der Waals surface area contributed by atoms with Gasteiger partial charge in [-0.1, -0.05) is 15.9 Å². The summed E-state index contributed by atoms with van der Waals surface area (Å²) in [5.41, 5.74) is 0.707. The molecule has 4 nitrogen and oxygen atoms in total. The van der Waals surface area contributed by atoms with Crippen LogP contribution in [-0.4, -0.2) is 35.6 Å². The highest BCUT2D eigenvalue weighted by Gasteiger charge is 2.26. The normalized spacial score (nSPS) is 19.5. The molecule has 5 heteroatoms. The van der Waals surface area contributed by atoms with E-state index in [1.165, 1.54) is 0 Å². The molecule has 1 amide bonds. The topological polar surface area (TPSA) is 53.7 Å². The molecule has 0 bridgehead atoms. The summed E-state index contributed by atoms with van der Waals surface area (Å²) in [5.74, 6) is 0.471. The Morgan fingerprint density at radius 1 is 1.45 bits per heavy atom. The van der Waals surface area contributed by atoms with Crippen molar-refractivity contribution in [3.05, 3.63) is 34.5 Å². The number of halogens is 1. The van der Waals surface area contributed by atoms with Crippen LogP contribution in [0.3, 0.4) is 0 Å². The van der Waals surface area contributed by atoms with Crippen molar-refractivity contribution in [2.45, 2.75) is 12.8 Å². The predicted molar refractivity (Wildman–Crippen MR) is 79.6 cm³/mol. The molecule has 0 aliphatic carbocycles. The Balaban J connectivity index is 1.84. The molecule has 1 fully saturated rings. The van der Waals surface area contributed by atoms with E-state index in [2.05, 4.69) is 15.9 Å². The minimum absolute atomic E-state index is 0.0875. The first-order chi connectivity index (χ1) is 9.67. The van der Waals surface area contributed by atoms with Crippen LogP contribution in [0.1, 0.15) is 23.4 Å². The molecule has 1 aromatic heterocycles. The Bertz CT molecular complexity index is 637. The summed E-state index contributed by atoms with van der Waals surface area (Å²) in [5, 5.41) is 10.2. The number of benzene rings is 1. The lowest BCUT2D eigenvalue weighted by Crippen LogP contribution is -2.40. The third-order valence-electron chi connectivity index (χ3n) is 3.76. The third-order valence-corrected chi connectivity index (χ3v) is 4.25. The van der Waals surface area contributed by atoms with Crippen LogP contribution in [0.25, 0.3) is 11.0 Å². The molecular formula is C15H16BrNO3. The number of furan rings is 1. The first-order valence-electron chi connectivity index (χ1n) is 6.76. The maximum absolute atomic E-state index is 12.5. The van der Waals surface area contributed by atoms with Gasteiger partial charge in [0.05, 0.1) is 0 Å². The third kappa shape index (κ3) is 2.60. The summed E-state index contributed by atoms with van der Waals surface area (Å²) in [6.07, 6.45) is 1.91. The number of likely N-dealkylation sites (tertiary alicyclic amines) is 1. The van der Waals surface area contributed by atoms with E-state index in [9.17, 15) is 9.90 Å². The van der Waals surface area contributed by atoms with E-state index in [1.807, 2.05) is 18.2 Å². The number of carbonyl (C=O) groups excluding carboxylic acids is 1. The largest absolute Gasteiger partial charge is 0.451 e. The van der Waals surface area contributed by atoms with Crippen LogP contribution in [0.4, 0.5) is 0 Å². The van der Waals surface area contributed by atoms with Crippen molar-refractivity contribution in [1.82, 2.24) is 4.90 Å². The van der Waals surface area contributed by atoms with Gasteiger partial charge >= 0.3 is 0 Å². The molecule has 1 unspecified atom stereocenters. The second-order valence-corrected chi connectivity index (χ2v) is 6.15. The fraction of sp³-hybridized carbons (Fsp3) is 0.400. The molecule has 0 saturated carbocycles. The number of hydrogen-bond donors (Lipinski definition) is 1. The lowest BCUT2D eigenvalue weighted by molar-refractivity contribution is 0.0592. The molecule has 3 rings (SSSR count). The molecule has 1 aromatic carbocycles. The van der Waals surface area contributed by atoms with Crippen molar-refractivity contribution in [1.29, 1.82) is 0 Å². The van der Waals surface area contributed by atoms with Crippen molar-refractivity contribution in [3.63, 3.8) is 0 Å². The van der Waals surface area contributed by atoms with E-state index >= 15 is 0 Å². The quantitative estimate of drug-likeness (QED) is 0.916. The second-order valence-electron chi connectivity index (χ2n) is 5.23. The Kier molecular flexibility index (Phi) is 3.81. The molecule has 1 aliphatic rings. The molecule has 0 radical (unpaired) electrons. The Hall–Kier alpha value is -1.33. The van der Waals surface area contributed by atoms with Crippen molar-refractivity contribution in [2.75, 3.05) is 19.7 Å². The molecule has 2 heterocycles. The van der Waals surface area contributed by atoms with Crippen LogP contribution >= 0.6 is 15.9 Å². The second kappa shape index (κ2) is 5.58. The highest BCUT2D eigenvalue weighted by Crippen LogP contribution is 2.25. The van der Waals surface area contributed by atoms with Gasteiger partial charge in [-0.25, -0.2) is 0 Å². The minimum Gasteiger partial charge on any atom is -0.451 e. The van der Waals surface area contributed by atoms with Gasteiger partial charge in [0.15, 0.2) is 5.76 Å². The molecule has 0 spiro atoms. The van der Waals surface area contributed by atoms with E-state index in [-0.39, 0.29) is 18.4 Å². The van der Waals surface area contributed by atoms with Crippen LogP contribution in [0.5, 0.6) is 0 Å². The van der Waals surface area contributed by atoms with Gasteiger partial charge in [-0.2, -0.15) is 0 Å². The molecule has 1 N–H and O–H groups in total. The predicted octanol–water partition coefficient (Wildman–Crippen LogP) is 3.04. The highest BCUT2D eigenvalue weighted by atomic mass is 79.9. The maximum Gasteiger partial charge on any atom is 0.289 e. The van der Waals surface area contributed by atoms with Gasteiger partial charge in [0, 0.05) is 29.6 Å². The number of nitrogens with zero attached hydrogens (tertiary/aromatic N) is 1. The molecule has 2 aromatic rings. The van der Waals surface area contributed by atoms with Crippen LogP contribution in [0.2, 0.25) is 0 Å². The Morgan fingerprint density at radius 3 is 3.10 bits per heavy atom. The zero-order chi connectivity index (χ0) is 14.1. The van der Waals surface area contributed by atoms with Crippen molar-refractivity contribution in [2.24, 2.45) is 5.92 Å². The average Bonchev–Trinajstić information content (AvgIpc) is 2.89. The molecule has 1 aliphatic heterocycles. The summed E-state index contributed by atoms with van der Waals surface area (Å²) in [4.78, 5) is 14.2. The molecule has 1 saturated heterocycles. The molecule has 1 atom stereocenters. The van der Waals surface area contributed by atoms with Crippen LogP contribution in [0, 0.1) is 5.92 Å². The van der Waals surface area contributed by atoms with Gasteiger partial charge in [0.1, 0.15) is 5.58 Å². The number of fused-ring (bicyclic) bond motifs is 1. The zero-order valence-corrected chi connectivity index (χ0v) is 12.6. The lowest BCUT2D eigenvalue weighted by Gasteiger charge is -2.31. The number of carbonyl (C=O) groups is 1. The maximum atomic E-state index is 12.5. The summed E-state index contributed by atoms with van der Waals surface area (Å²) < 4.78 is 6.58. The molecular weight excluding hydrogens is 322 g/mol. The number of rotatable bonds is 2. The van der Waals surface area contributed by atoms with Gasteiger partial charge in [-0.05, 0) is 43.0 Å². The Labute approximate surface area is 125 Å². The van der Waals surface area contributed by atoms with Crippen LogP contribution < -0.4 is 0 Å². The van der Waals surface area contributed by atoms with Crippen molar-refractivity contribution < 1.29 is 14.3 Å². The standard InChI is InChI=1S/C15H16BrNO3/c16-12-4-3-11-6-14(20-13(11)7-12)15(19)17-5-1-2-10(8-17)9-18/h3-4,6-7,10,18H,1-2,5,8-9H2. The number of hydrogen-bond acceptors (Lipinski definition) is 3. The lowest BCUT2D eigenvalue weighted by atomic mass is 9.99. The van der Waals surface area contributed by atoms with E-state index in [0.29, 0.717) is 17.9 Å². The van der Waals surface area contributed by atoms with Gasteiger partial charge < -0.3 is 14.4 Å². The van der Waals surface area contributed by atoms with Gasteiger partial charge in [0.2, 0.25) is 0 Å². The number of piperidine rings is 1. The number of aliphatic hydroxyl groups excluding tert-OH is 1. The van der Waals surface area contributed by atoms with Crippen LogP contribution in [-0.2, 0) is 0 Å². The van der Waals surface area contributed by atoms with E-state index in [4.69, 9.17) is 4.42 Å². The van der Waals surface area contributed by atoms with E-state index in [0.717, 1.165) is 29.2 Å². The first-order valence-corrected chi connectivity index (χ1v) is 7.56. The highest BCUT2D eigenvalue weighted by molar-refractivity contribution is 9.10. The van der Waals surface area contributed by atoms with Gasteiger partial charge in [-0.3, -0.25) is 4.79 Å². The van der Waals surface area contributed by atoms with Crippen LogP contribution in [0.15, 0.2) is 33.2 Å². The zero-order valence-electron chi connectivity index (χ0n) is 11.0. The molecule has 106 valence electrons. The summed E-state index contributed by atoms with van der Waals surface area (Å²) in [7, 11) is 0. The smallest absolute Gasteiger partial charge is 0.289 e. The number of aliphatic hydroxyl groups is 1. The van der Waals surface area contributed by atoms with E-state index < -0.39 is 0 Å².